The molecule has 20 heavy (non-hydrogen) atoms. The molecule has 2 N–H and O–H groups in total. The van der Waals surface area contributed by atoms with Crippen molar-refractivity contribution in [2.45, 2.75) is 37.8 Å². The first-order valence-electron chi connectivity index (χ1n) is 6.81. The van der Waals surface area contributed by atoms with Crippen LogP contribution in [0, 0.1) is 5.92 Å². The summed E-state index contributed by atoms with van der Waals surface area (Å²) in [5.41, 5.74) is 0.805. The highest BCUT2D eigenvalue weighted by molar-refractivity contribution is 5.73. The Balaban J connectivity index is 1.76. The van der Waals surface area contributed by atoms with Gasteiger partial charge in [-0.3, -0.25) is 4.79 Å². The minimum atomic E-state index is -0.886. The average molecular weight is 275 g/mol. The van der Waals surface area contributed by atoms with Crippen LogP contribution in [0.4, 0.5) is 0 Å². The molecular weight excluding hydrogens is 258 g/mol. The van der Waals surface area contributed by atoms with Crippen LogP contribution in [-0.4, -0.2) is 36.8 Å². The highest BCUT2D eigenvalue weighted by Crippen LogP contribution is 2.33. The first-order chi connectivity index (χ1) is 9.57. The van der Waals surface area contributed by atoms with Gasteiger partial charge in [0.25, 0.3) is 0 Å². The van der Waals surface area contributed by atoms with Crippen molar-refractivity contribution >= 4 is 17.0 Å². The van der Waals surface area contributed by atoms with Gasteiger partial charge in [0.05, 0.1) is 23.6 Å². The predicted octanol–water partition coefficient (Wildman–Crippen LogP) is 1.44. The maximum Gasteiger partial charge on any atom is 0.306 e. The Morgan fingerprint density at radius 1 is 1.35 bits per heavy atom. The summed E-state index contributed by atoms with van der Waals surface area (Å²) < 4.78 is 1.70. The number of para-hydroxylation sites is 1. The smallest absolute Gasteiger partial charge is 0.306 e. The van der Waals surface area contributed by atoms with Crippen molar-refractivity contribution in [3.8, 4) is 0 Å². The van der Waals surface area contributed by atoms with Crippen LogP contribution in [0.3, 0.4) is 0 Å². The number of fused-ring (bicyclic) bond motifs is 1. The summed E-state index contributed by atoms with van der Waals surface area (Å²) in [7, 11) is 0. The molecule has 6 nitrogen and oxygen atoms in total. The Morgan fingerprint density at radius 3 is 2.75 bits per heavy atom. The van der Waals surface area contributed by atoms with E-state index in [1.807, 2.05) is 24.3 Å². The lowest BCUT2D eigenvalue weighted by atomic mass is 9.79. The Morgan fingerprint density at radius 2 is 2.05 bits per heavy atom. The monoisotopic (exact) mass is 275 g/mol. The van der Waals surface area contributed by atoms with E-state index in [1.165, 1.54) is 0 Å². The molecule has 0 saturated heterocycles. The number of carboxylic acids is 1. The molecule has 0 amide bonds. The van der Waals surface area contributed by atoms with E-state index in [4.69, 9.17) is 5.11 Å². The summed E-state index contributed by atoms with van der Waals surface area (Å²) in [6.07, 6.45) is 1.99. The standard InChI is InChI=1S/C14H17N3O3/c18-13(19)10-5-7-14(20,8-6-10)9-17-12-4-2-1-3-11(12)15-16-17/h1-4,10,20H,5-9H2,(H,18,19). The van der Waals surface area contributed by atoms with Crippen molar-refractivity contribution in [1.82, 2.24) is 15.0 Å². The largest absolute Gasteiger partial charge is 0.481 e. The van der Waals surface area contributed by atoms with E-state index in [0.29, 0.717) is 32.2 Å². The lowest BCUT2D eigenvalue weighted by Gasteiger charge is -2.34. The molecule has 1 heterocycles. The third-order valence-corrected chi connectivity index (χ3v) is 4.13. The van der Waals surface area contributed by atoms with Crippen LogP contribution in [0.1, 0.15) is 25.7 Å². The SMILES string of the molecule is O=C(O)C1CCC(O)(Cn2nnc3ccccc32)CC1. The summed E-state index contributed by atoms with van der Waals surface area (Å²) in [5.74, 6) is -1.10. The van der Waals surface area contributed by atoms with Gasteiger partial charge < -0.3 is 10.2 Å². The second-order valence-corrected chi connectivity index (χ2v) is 5.57. The fraction of sp³-hybridized carbons (Fsp3) is 0.500. The summed E-state index contributed by atoms with van der Waals surface area (Å²) in [4.78, 5) is 10.9. The predicted molar refractivity (Wildman–Crippen MR) is 72.1 cm³/mol. The molecule has 1 aromatic heterocycles. The fourth-order valence-corrected chi connectivity index (χ4v) is 2.87. The van der Waals surface area contributed by atoms with E-state index < -0.39 is 11.6 Å². The van der Waals surface area contributed by atoms with Gasteiger partial charge in [-0.25, -0.2) is 4.68 Å². The molecule has 6 heteroatoms. The molecule has 1 aromatic carbocycles. The number of nitrogens with zero attached hydrogens (tertiary/aromatic N) is 3. The number of carboxylic acid groups (broad SMARTS) is 1. The molecule has 106 valence electrons. The van der Waals surface area contributed by atoms with E-state index in [1.54, 1.807) is 4.68 Å². The zero-order valence-electron chi connectivity index (χ0n) is 11.1. The van der Waals surface area contributed by atoms with Crippen molar-refractivity contribution < 1.29 is 15.0 Å². The number of aromatic nitrogens is 3. The van der Waals surface area contributed by atoms with E-state index in [9.17, 15) is 9.90 Å². The van der Waals surface area contributed by atoms with Crippen LogP contribution >= 0.6 is 0 Å². The van der Waals surface area contributed by atoms with E-state index in [2.05, 4.69) is 10.3 Å². The lowest BCUT2D eigenvalue weighted by molar-refractivity contribution is -0.145. The lowest BCUT2D eigenvalue weighted by Crippen LogP contribution is -2.40. The van der Waals surface area contributed by atoms with Gasteiger partial charge in [-0.1, -0.05) is 17.3 Å². The second-order valence-electron chi connectivity index (χ2n) is 5.57. The van der Waals surface area contributed by atoms with Crippen LogP contribution in [0.5, 0.6) is 0 Å². The Kier molecular flexibility index (Phi) is 3.17. The van der Waals surface area contributed by atoms with Gasteiger partial charge >= 0.3 is 5.97 Å². The van der Waals surface area contributed by atoms with E-state index in [-0.39, 0.29) is 5.92 Å². The minimum Gasteiger partial charge on any atom is -0.481 e. The summed E-state index contributed by atoms with van der Waals surface area (Å²) >= 11 is 0. The number of carbonyl (C=O) groups is 1. The van der Waals surface area contributed by atoms with E-state index in [0.717, 1.165) is 11.0 Å². The Bertz CT molecular complexity index is 629. The van der Waals surface area contributed by atoms with Gasteiger partial charge in [-0.05, 0) is 37.8 Å². The van der Waals surface area contributed by atoms with Gasteiger partial charge in [0, 0.05) is 0 Å². The van der Waals surface area contributed by atoms with Crippen molar-refractivity contribution in [1.29, 1.82) is 0 Å². The Hall–Kier alpha value is -1.95. The summed E-state index contributed by atoms with van der Waals surface area (Å²) in [5, 5.41) is 27.8. The number of aliphatic carboxylic acids is 1. The molecule has 1 aliphatic carbocycles. The molecule has 1 aliphatic rings. The van der Waals surface area contributed by atoms with Crippen LogP contribution in [0.2, 0.25) is 0 Å². The molecule has 2 aromatic rings. The molecule has 0 atom stereocenters. The highest BCUT2D eigenvalue weighted by Gasteiger charge is 2.36. The molecule has 0 unspecified atom stereocenters. The number of hydrogen-bond acceptors (Lipinski definition) is 4. The molecule has 1 fully saturated rings. The van der Waals surface area contributed by atoms with Gasteiger partial charge in [0.2, 0.25) is 0 Å². The van der Waals surface area contributed by atoms with Crippen molar-refractivity contribution in [3.63, 3.8) is 0 Å². The molecule has 0 bridgehead atoms. The molecule has 0 aliphatic heterocycles. The van der Waals surface area contributed by atoms with Crippen LogP contribution in [0.15, 0.2) is 24.3 Å². The average Bonchev–Trinajstić information content (AvgIpc) is 2.82. The van der Waals surface area contributed by atoms with Gasteiger partial charge in [-0.15, -0.1) is 5.10 Å². The maximum absolute atomic E-state index is 10.9. The first kappa shape index (κ1) is 13.1. The maximum atomic E-state index is 10.9. The minimum absolute atomic E-state index is 0.331. The first-order valence-corrected chi connectivity index (χ1v) is 6.81. The molecular formula is C14H17N3O3. The van der Waals surface area contributed by atoms with Gasteiger partial charge in [0.15, 0.2) is 0 Å². The fourth-order valence-electron chi connectivity index (χ4n) is 2.87. The van der Waals surface area contributed by atoms with Crippen molar-refractivity contribution in [3.05, 3.63) is 24.3 Å². The van der Waals surface area contributed by atoms with E-state index >= 15 is 0 Å². The quantitative estimate of drug-likeness (QED) is 0.884. The third kappa shape index (κ3) is 2.38. The van der Waals surface area contributed by atoms with Crippen molar-refractivity contribution in [2.75, 3.05) is 0 Å². The van der Waals surface area contributed by atoms with Gasteiger partial charge in [-0.2, -0.15) is 0 Å². The zero-order valence-corrected chi connectivity index (χ0v) is 11.1. The number of aliphatic hydroxyl groups is 1. The van der Waals surface area contributed by atoms with Crippen molar-refractivity contribution in [2.24, 2.45) is 5.92 Å². The number of hydrogen-bond donors (Lipinski definition) is 2. The van der Waals surface area contributed by atoms with Crippen LogP contribution < -0.4 is 0 Å². The normalized spacial score (nSPS) is 26.8. The molecule has 0 spiro atoms. The topological polar surface area (TPSA) is 88.2 Å². The third-order valence-electron chi connectivity index (χ3n) is 4.13. The highest BCUT2D eigenvalue weighted by atomic mass is 16.4. The molecule has 3 rings (SSSR count). The molecule has 0 radical (unpaired) electrons. The number of benzene rings is 1. The second kappa shape index (κ2) is 4.86. The molecule has 1 saturated carbocycles. The summed E-state index contributed by atoms with van der Waals surface area (Å²) in [6, 6.07) is 7.60. The van der Waals surface area contributed by atoms with Crippen LogP contribution in [0.25, 0.3) is 11.0 Å². The van der Waals surface area contributed by atoms with Gasteiger partial charge in [0.1, 0.15) is 5.52 Å². The van der Waals surface area contributed by atoms with Crippen LogP contribution in [-0.2, 0) is 11.3 Å². The zero-order chi connectivity index (χ0) is 14.2. The Labute approximate surface area is 116 Å². The summed E-state index contributed by atoms with van der Waals surface area (Å²) in [6.45, 7) is 0.361. The number of rotatable bonds is 3.